The molecule has 6 nitrogen and oxygen atoms in total. The summed E-state index contributed by atoms with van der Waals surface area (Å²) in [6.07, 6.45) is 3.30. The predicted octanol–water partition coefficient (Wildman–Crippen LogP) is 0.830. The Balaban J connectivity index is 2.26. The molecule has 0 atom stereocenters. The Kier molecular flexibility index (Phi) is 4.24. The van der Waals surface area contributed by atoms with E-state index in [1.54, 1.807) is 30.6 Å². The second-order valence-corrected chi connectivity index (χ2v) is 4.67. The maximum atomic E-state index is 11.7. The molecule has 2 aromatic rings. The molecule has 0 aliphatic heterocycles. The van der Waals surface area contributed by atoms with Gasteiger partial charge >= 0.3 is 0 Å². The Morgan fingerprint density at radius 2 is 1.95 bits per heavy atom. The van der Waals surface area contributed by atoms with E-state index in [0.29, 0.717) is 5.69 Å². The topological polar surface area (TPSA) is 76.9 Å². The molecule has 0 aliphatic rings. The Morgan fingerprint density at radius 3 is 2.60 bits per heavy atom. The van der Waals surface area contributed by atoms with Crippen LogP contribution < -0.4 is 10.9 Å². The summed E-state index contributed by atoms with van der Waals surface area (Å²) in [5.41, 5.74) is 1.17. The molecule has 0 saturated carbocycles. The molecule has 2 aromatic heterocycles. The molecule has 0 spiro atoms. The minimum atomic E-state index is -0.304. The van der Waals surface area contributed by atoms with E-state index < -0.39 is 0 Å². The van der Waals surface area contributed by atoms with E-state index in [4.69, 9.17) is 0 Å². The van der Waals surface area contributed by atoms with Crippen molar-refractivity contribution in [3.05, 3.63) is 47.0 Å². The number of carbonyl (C=O) groups is 1. The monoisotopic (exact) mass is 272 g/mol. The molecule has 0 aromatic carbocycles. The van der Waals surface area contributed by atoms with Crippen LogP contribution >= 0.6 is 0 Å². The highest BCUT2D eigenvalue weighted by Crippen LogP contribution is 2.12. The van der Waals surface area contributed by atoms with E-state index in [1.165, 1.54) is 6.07 Å². The Hall–Kier alpha value is -2.50. The van der Waals surface area contributed by atoms with Crippen molar-refractivity contribution in [1.82, 2.24) is 20.1 Å². The number of nitrogens with zero attached hydrogens (tertiary/aromatic N) is 3. The lowest BCUT2D eigenvalue weighted by Crippen LogP contribution is -2.36. The van der Waals surface area contributed by atoms with Crippen LogP contribution in [0.3, 0.4) is 0 Å². The standard InChI is InChI=1S/C14H16N4O2/c1-10(2)16-13(19)9-18-14(20)4-3-12(17-18)11-5-7-15-8-6-11/h3-8,10H,9H2,1-2H3,(H,16,19). The number of carbonyl (C=O) groups excluding carboxylic acids is 1. The molecule has 1 amide bonds. The largest absolute Gasteiger partial charge is 0.352 e. The highest BCUT2D eigenvalue weighted by atomic mass is 16.2. The third kappa shape index (κ3) is 3.50. The number of hydrogen-bond donors (Lipinski definition) is 1. The molecule has 0 unspecified atom stereocenters. The van der Waals surface area contributed by atoms with Gasteiger partial charge in [-0.05, 0) is 32.0 Å². The molecule has 2 rings (SSSR count). The fourth-order valence-electron chi connectivity index (χ4n) is 1.74. The van der Waals surface area contributed by atoms with Crippen LogP contribution in [-0.2, 0) is 11.3 Å². The number of nitrogens with one attached hydrogen (secondary N) is 1. The van der Waals surface area contributed by atoms with Crippen molar-refractivity contribution in [2.75, 3.05) is 0 Å². The zero-order chi connectivity index (χ0) is 14.5. The summed E-state index contributed by atoms with van der Waals surface area (Å²) >= 11 is 0. The van der Waals surface area contributed by atoms with Crippen molar-refractivity contribution in [2.24, 2.45) is 0 Å². The van der Waals surface area contributed by atoms with Gasteiger partial charge in [0.25, 0.3) is 5.56 Å². The molecule has 0 fully saturated rings. The first kappa shape index (κ1) is 13.9. The molecule has 6 heteroatoms. The van der Waals surface area contributed by atoms with Gasteiger partial charge in [0.05, 0.1) is 5.69 Å². The van der Waals surface area contributed by atoms with E-state index in [9.17, 15) is 9.59 Å². The molecular weight excluding hydrogens is 256 g/mol. The van der Waals surface area contributed by atoms with Crippen LogP contribution in [0.1, 0.15) is 13.8 Å². The molecule has 0 bridgehead atoms. The van der Waals surface area contributed by atoms with Crippen LogP contribution in [0.4, 0.5) is 0 Å². The SMILES string of the molecule is CC(C)NC(=O)Cn1nc(-c2ccncc2)ccc1=O. The lowest BCUT2D eigenvalue weighted by Gasteiger charge is -2.10. The van der Waals surface area contributed by atoms with Crippen LogP contribution in [0.5, 0.6) is 0 Å². The average molecular weight is 272 g/mol. The zero-order valence-corrected chi connectivity index (χ0v) is 11.4. The maximum absolute atomic E-state index is 11.7. The molecule has 104 valence electrons. The normalized spacial score (nSPS) is 10.6. The summed E-state index contributed by atoms with van der Waals surface area (Å²) in [7, 11) is 0. The van der Waals surface area contributed by atoms with Crippen molar-refractivity contribution in [1.29, 1.82) is 0 Å². The van der Waals surface area contributed by atoms with Gasteiger partial charge in [0.1, 0.15) is 6.54 Å². The van der Waals surface area contributed by atoms with Crippen molar-refractivity contribution in [3.63, 3.8) is 0 Å². The van der Waals surface area contributed by atoms with E-state index in [2.05, 4.69) is 15.4 Å². The lowest BCUT2D eigenvalue weighted by molar-refractivity contribution is -0.122. The number of aromatic nitrogens is 3. The molecule has 0 aliphatic carbocycles. The first-order valence-electron chi connectivity index (χ1n) is 6.34. The third-order valence-corrected chi connectivity index (χ3v) is 2.59. The van der Waals surface area contributed by atoms with Gasteiger partial charge in [-0.1, -0.05) is 0 Å². The minimum absolute atomic E-state index is 0.0292. The summed E-state index contributed by atoms with van der Waals surface area (Å²) in [6.45, 7) is 3.64. The van der Waals surface area contributed by atoms with Gasteiger partial charge in [0.2, 0.25) is 5.91 Å². The molecular formula is C14H16N4O2. The first-order chi connectivity index (χ1) is 9.56. The quantitative estimate of drug-likeness (QED) is 0.894. The Bertz CT molecular complexity index is 650. The van der Waals surface area contributed by atoms with Gasteiger partial charge in [-0.3, -0.25) is 14.6 Å². The summed E-state index contributed by atoms with van der Waals surface area (Å²) in [4.78, 5) is 27.4. The number of hydrogen-bond acceptors (Lipinski definition) is 4. The van der Waals surface area contributed by atoms with Gasteiger partial charge in [-0.2, -0.15) is 5.10 Å². The summed E-state index contributed by atoms with van der Waals surface area (Å²) < 4.78 is 1.16. The van der Waals surface area contributed by atoms with E-state index in [-0.39, 0.29) is 24.1 Å². The van der Waals surface area contributed by atoms with E-state index >= 15 is 0 Å². The molecule has 2 heterocycles. The predicted molar refractivity (Wildman–Crippen MR) is 75.0 cm³/mol. The van der Waals surface area contributed by atoms with Crippen LogP contribution in [0.2, 0.25) is 0 Å². The summed E-state index contributed by atoms with van der Waals surface area (Å²) in [5, 5.41) is 6.93. The number of pyridine rings is 1. The van der Waals surface area contributed by atoms with Crippen molar-refractivity contribution in [3.8, 4) is 11.3 Å². The molecule has 0 saturated heterocycles. The van der Waals surface area contributed by atoms with Crippen LogP contribution in [0.15, 0.2) is 41.5 Å². The van der Waals surface area contributed by atoms with Crippen LogP contribution in [0, 0.1) is 0 Å². The van der Waals surface area contributed by atoms with Gasteiger partial charge in [0.15, 0.2) is 0 Å². The number of rotatable bonds is 4. The van der Waals surface area contributed by atoms with Crippen molar-refractivity contribution in [2.45, 2.75) is 26.4 Å². The fraction of sp³-hybridized carbons (Fsp3) is 0.286. The van der Waals surface area contributed by atoms with E-state index in [1.807, 2.05) is 13.8 Å². The average Bonchev–Trinajstić information content (AvgIpc) is 2.41. The van der Waals surface area contributed by atoms with E-state index in [0.717, 1.165) is 10.2 Å². The zero-order valence-electron chi connectivity index (χ0n) is 11.4. The second-order valence-electron chi connectivity index (χ2n) is 4.67. The smallest absolute Gasteiger partial charge is 0.267 e. The van der Waals surface area contributed by atoms with Gasteiger partial charge in [0, 0.05) is 30.1 Å². The van der Waals surface area contributed by atoms with Crippen LogP contribution in [0.25, 0.3) is 11.3 Å². The minimum Gasteiger partial charge on any atom is -0.352 e. The van der Waals surface area contributed by atoms with Crippen molar-refractivity contribution >= 4 is 5.91 Å². The Labute approximate surface area is 116 Å². The van der Waals surface area contributed by atoms with Gasteiger partial charge in [-0.15, -0.1) is 0 Å². The highest BCUT2D eigenvalue weighted by molar-refractivity contribution is 5.75. The third-order valence-electron chi connectivity index (χ3n) is 2.59. The lowest BCUT2D eigenvalue weighted by atomic mass is 10.2. The summed E-state index contributed by atoms with van der Waals surface area (Å²) in [6, 6.07) is 6.66. The molecule has 20 heavy (non-hydrogen) atoms. The van der Waals surface area contributed by atoms with Gasteiger partial charge in [-0.25, -0.2) is 4.68 Å². The number of amides is 1. The highest BCUT2D eigenvalue weighted by Gasteiger charge is 2.08. The van der Waals surface area contributed by atoms with Crippen LogP contribution in [-0.4, -0.2) is 26.7 Å². The fourth-order valence-corrected chi connectivity index (χ4v) is 1.74. The summed E-state index contributed by atoms with van der Waals surface area (Å²) in [5.74, 6) is -0.235. The first-order valence-corrected chi connectivity index (χ1v) is 6.34. The molecule has 0 radical (unpaired) electrons. The molecule has 1 N–H and O–H groups in total. The maximum Gasteiger partial charge on any atom is 0.267 e. The Morgan fingerprint density at radius 1 is 1.25 bits per heavy atom. The van der Waals surface area contributed by atoms with Crippen molar-refractivity contribution < 1.29 is 4.79 Å². The van der Waals surface area contributed by atoms with Gasteiger partial charge < -0.3 is 5.32 Å². The second kappa shape index (κ2) is 6.10.